The highest BCUT2D eigenvalue weighted by Gasteiger charge is 2.24. The van der Waals surface area contributed by atoms with E-state index >= 15 is 0 Å². The van der Waals surface area contributed by atoms with Gasteiger partial charge in [-0.1, -0.05) is 18.2 Å². The van der Waals surface area contributed by atoms with Crippen LogP contribution in [0.1, 0.15) is 34.3 Å². The summed E-state index contributed by atoms with van der Waals surface area (Å²) in [5.41, 5.74) is 2.97. The zero-order chi connectivity index (χ0) is 20.1. The molecule has 2 aromatic carbocycles. The van der Waals surface area contributed by atoms with Crippen LogP contribution in [0.3, 0.4) is 0 Å². The lowest BCUT2D eigenvalue weighted by Gasteiger charge is -2.32. The molecule has 1 saturated heterocycles. The monoisotopic (exact) mass is 444 g/mol. The summed E-state index contributed by atoms with van der Waals surface area (Å²) < 4.78 is 6.43. The third kappa shape index (κ3) is 5.13. The van der Waals surface area contributed by atoms with E-state index in [4.69, 9.17) is 4.74 Å². The van der Waals surface area contributed by atoms with Crippen molar-refractivity contribution in [3.05, 3.63) is 63.6 Å². The first-order valence-electron chi connectivity index (χ1n) is 9.47. The standard InChI is InChI=1S/C22H25BrN2O3/c1-15-7-8-18(13-16(15)2)28-14-21(26)25-11-9-17(10-12-25)24-22(27)19-5-3-4-6-20(19)23/h3-8,13,17H,9-12,14H2,1-2H3,(H,24,27). The van der Waals surface area contributed by atoms with Gasteiger partial charge in [0.05, 0.1) is 5.56 Å². The van der Waals surface area contributed by atoms with Gasteiger partial charge in [-0.15, -0.1) is 0 Å². The van der Waals surface area contributed by atoms with Gasteiger partial charge in [0, 0.05) is 23.6 Å². The van der Waals surface area contributed by atoms with Crippen LogP contribution in [0.25, 0.3) is 0 Å². The Morgan fingerprint density at radius 1 is 1.11 bits per heavy atom. The molecule has 28 heavy (non-hydrogen) atoms. The number of carbonyl (C=O) groups excluding carboxylic acids is 2. The molecule has 148 valence electrons. The quantitative estimate of drug-likeness (QED) is 0.761. The number of benzene rings is 2. The van der Waals surface area contributed by atoms with Gasteiger partial charge in [0.15, 0.2) is 6.61 Å². The van der Waals surface area contributed by atoms with Crippen molar-refractivity contribution in [2.75, 3.05) is 19.7 Å². The van der Waals surface area contributed by atoms with Crippen molar-refractivity contribution in [2.24, 2.45) is 0 Å². The van der Waals surface area contributed by atoms with Crippen LogP contribution in [0, 0.1) is 13.8 Å². The first-order valence-corrected chi connectivity index (χ1v) is 10.3. The maximum atomic E-state index is 12.4. The van der Waals surface area contributed by atoms with Crippen LogP contribution < -0.4 is 10.1 Å². The van der Waals surface area contributed by atoms with Crippen LogP contribution >= 0.6 is 15.9 Å². The first kappa shape index (κ1) is 20.4. The highest BCUT2D eigenvalue weighted by Crippen LogP contribution is 2.19. The van der Waals surface area contributed by atoms with E-state index in [2.05, 4.69) is 21.2 Å². The maximum absolute atomic E-state index is 12.4. The molecule has 1 fully saturated rings. The van der Waals surface area contributed by atoms with E-state index in [1.54, 1.807) is 6.07 Å². The molecule has 2 aromatic rings. The lowest BCUT2D eigenvalue weighted by molar-refractivity contribution is -0.134. The number of piperidine rings is 1. The Labute approximate surface area is 174 Å². The molecule has 0 bridgehead atoms. The fraction of sp³-hybridized carbons (Fsp3) is 0.364. The van der Waals surface area contributed by atoms with Gasteiger partial charge in [-0.3, -0.25) is 9.59 Å². The normalized spacial score (nSPS) is 14.6. The minimum Gasteiger partial charge on any atom is -0.484 e. The van der Waals surface area contributed by atoms with E-state index in [-0.39, 0.29) is 24.5 Å². The molecule has 5 nitrogen and oxygen atoms in total. The van der Waals surface area contributed by atoms with Crippen molar-refractivity contribution >= 4 is 27.7 Å². The molecule has 3 rings (SSSR count). The summed E-state index contributed by atoms with van der Waals surface area (Å²) in [6.45, 7) is 5.35. The summed E-state index contributed by atoms with van der Waals surface area (Å²) in [7, 11) is 0. The minimum absolute atomic E-state index is 0.0196. The second-order valence-electron chi connectivity index (χ2n) is 7.14. The van der Waals surface area contributed by atoms with Crippen molar-refractivity contribution < 1.29 is 14.3 Å². The van der Waals surface area contributed by atoms with Crippen LogP contribution in [0.2, 0.25) is 0 Å². The van der Waals surface area contributed by atoms with Crippen molar-refractivity contribution in [2.45, 2.75) is 32.7 Å². The second-order valence-corrected chi connectivity index (χ2v) is 8.00. The van der Waals surface area contributed by atoms with Gasteiger partial charge in [0.1, 0.15) is 5.75 Å². The second kappa shape index (κ2) is 9.24. The topological polar surface area (TPSA) is 58.6 Å². The molecule has 0 aliphatic carbocycles. The number of carbonyl (C=O) groups is 2. The smallest absolute Gasteiger partial charge is 0.260 e. The van der Waals surface area contributed by atoms with Crippen LogP contribution in [0.4, 0.5) is 0 Å². The minimum atomic E-state index is -0.0877. The van der Waals surface area contributed by atoms with Crippen molar-refractivity contribution in [1.82, 2.24) is 10.2 Å². The molecule has 0 spiro atoms. The molecule has 0 radical (unpaired) electrons. The molecular weight excluding hydrogens is 420 g/mol. The predicted octanol–water partition coefficient (Wildman–Crippen LogP) is 3.87. The summed E-state index contributed by atoms with van der Waals surface area (Å²) in [6.07, 6.45) is 1.48. The Morgan fingerprint density at radius 3 is 2.50 bits per heavy atom. The summed E-state index contributed by atoms with van der Waals surface area (Å²) in [5.74, 6) is 0.608. The SMILES string of the molecule is Cc1ccc(OCC(=O)N2CCC(NC(=O)c3ccccc3Br)CC2)cc1C. The Hall–Kier alpha value is -2.34. The molecule has 1 aliphatic rings. The summed E-state index contributed by atoms with van der Waals surface area (Å²) in [5, 5.41) is 3.07. The van der Waals surface area contributed by atoms with Crippen molar-refractivity contribution in [3.8, 4) is 5.75 Å². The number of hydrogen-bond donors (Lipinski definition) is 1. The Bertz CT molecular complexity index is 861. The average Bonchev–Trinajstić information content (AvgIpc) is 2.69. The molecule has 2 amide bonds. The predicted molar refractivity (Wildman–Crippen MR) is 113 cm³/mol. The molecule has 1 heterocycles. The molecule has 0 aromatic heterocycles. The van der Waals surface area contributed by atoms with Gasteiger partial charge in [-0.2, -0.15) is 0 Å². The zero-order valence-electron chi connectivity index (χ0n) is 16.2. The highest BCUT2D eigenvalue weighted by molar-refractivity contribution is 9.10. The number of nitrogens with one attached hydrogen (secondary N) is 1. The molecule has 1 aliphatic heterocycles. The van der Waals surface area contributed by atoms with Gasteiger partial charge in [-0.05, 0) is 78.0 Å². The highest BCUT2D eigenvalue weighted by atomic mass is 79.9. The fourth-order valence-electron chi connectivity index (χ4n) is 3.22. The summed E-state index contributed by atoms with van der Waals surface area (Å²) in [6, 6.07) is 13.3. The van der Waals surface area contributed by atoms with Crippen LogP contribution in [-0.2, 0) is 4.79 Å². The van der Waals surface area contributed by atoms with Gasteiger partial charge in [0.25, 0.3) is 11.8 Å². The first-order chi connectivity index (χ1) is 13.4. The van der Waals surface area contributed by atoms with Crippen molar-refractivity contribution in [1.29, 1.82) is 0 Å². The summed E-state index contributed by atoms with van der Waals surface area (Å²) >= 11 is 3.41. The summed E-state index contributed by atoms with van der Waals surface area (Å²) in [4.78, 5) is 26.7. The lowest BCUT2D eigenvalue weighted by atomic mass is 10.0. The van der Waals surface area contributed by atoms with Gasteiger partial charge >= 0.3 is 0 Å². The zero-order valence-corrected chi connectivity index (χ0v) is 17.8. The van der Waals surface area contributed by atoms with E-state index in [1.807, 2.05) is 55.1 Å². The molecule has 0 unspecified atom stereocenters. The van der Waals surface area contributed by atoms with Crippen LogP contribution in [-0.4, -0.2) is 42.5 Å². The number of ether oxygens (including phenoxy) is 1. The molecule has 6 heteroatoms. The van der Waals surface area contributed by atoms with Crippen molar-refractivity contribution in [3.63, 3.8) is 0 Å². The van der Waals surface area contributed by atoms with Crippen LogP contribution in [0.5, 0.6) is 5.75 Å². The number of nitrogens with zero attached hydrogens (tertiary/aromatic N) is 1. The number of hydrogen-bond acceptors (Lipinski definition) is 3. The molecule has 0 saturated carbocycles. The van der Waals surface area contributed by atoms with E-state index in [9.17, 15) is 9.59 Å². The van der Waals surface area contributed by atoms with Gasteiger partial charge < -0.3 is 15.0 Å². The molecular formula is C22H25BrN2O3. The maximum Gasteiger partial charge on any atom is 0.260 e. The Kier molecular flexibility index (Phi) is 6.73. The van der Waals surface area contributed by atoms with Gasteiger partial charge in [0.2, 0.25) is 0 Å². The van der Waals surface area contributed by atoms with E-state index in [1.165, 1.54) is 5.56 Å². The van der Waals surface area contributed by atoms with Crippen LogP contribution in [0.15, 0.2) is 46.9 Å². The number of halogens is 1. The molecule has 0 atom stereocenters. The Balaban J connectivity index is 1.45. The van der Waals surface area contributed by atoms with E-state index in [0.29, 0.717) is 24.4 Å². The Morgan fingerprint density at radius 2 is 1.82 bits per heavy atom. The largest absolute Gasteiger partial charge is 0.484 e. The van der Waals surface area contributed by atoms with E-state index < -0.39 is 0 Å². The number of rotatable bonds is 5. The average molecular weight is 445 g/mol. The third-order valence-corrected chi connectivity index (χ3v) is 5.83. The van der Waals surface area contributed by atoms with Gasteiger partial charge in [-0.25, -0.2) is 0 Å². The number of likely N-dealkylation sites (tertiary alicyclic amines) is 1. The lowest BCUT2D eigenvalue weighted by Crippen LogP contribution is -2.47. The number of aryl methyl sites for hydroxylation is 2. The molecule has 1 N–H and O–H groups in total. The number of amides is 2. The van der Waals surface area contributed by atoms with E-state index in [0.717, 1.165) is 22.9 Å². The fourth-order valence-corrected chi connectivity index (χ4v) is 3.69. The third-order valence-electron chi connectivity index (χ3n) is 5.14.